The highest BCUT2D eigenvalue weighted by Gasteiger charge is 2.37. The third-order valence-corrected chi connectivity index (χ3v) is 4.41. The Balaban J connectivity index is 2.06. The van der Waals surface area contributed by atoms with Crippen molar-refractivity contribution in [3.05, 3.63) is 10.4 Å². The maximum absolute atomic E-state index is 11.9. The Morgan fingerprint density at radius 2 is 2.10 bits per heavy atom. The van der Waals surface area contributed by atoms with E-state index >= 15 is 0 Å². The number of aromatic nitrogens is 3. The lowest BCUT2D eigenvalue weighted by Crippen LogP contribution is -2.30. The lowest BCUT2D eigenvalue weighted by atomic mass is 9.82. The number of nitrogens with one attached hydrogen (secondary N) is 1. The summed E-state index contributed by atoms with van der Waals surface area (Å²) in [6.45, 7) is 4.45. The van der Waals surface area contributed by atoms with E-state index in [9.17, 15) is 4.79 Å². The van der Waals surface area contributed by atoms with Crippen LogP contribution < -0.4 is 5.32 Å². The van der Waals surface area contributed by atoms with Crippen LogP contribution in [-0.2, 0) is 4.79 Å². The molecule has 1 aliphatic rings. The van der Waals surface area contributed by atoms with E-state index in [1.165, 1.54) is 12.8 Å². The van der Waals surface area contributed by atoms with Gasteiger partial charge in [0, 0.05) is 12.5 Å². The number of carbonyl (C=O) groups excluding carboxylic acids is 1. The van der Waals surface area contributed by atoms with Gasteiger partial charge in [-0.1, -0.05) is 24.9 Å². The predicted molar refractivity (Wildman–Crippen MR) is 83.6 cm³/mol. The second-order valence-electron chi connectivity index (χ2n) is 5.61. The van der Waals surface area contributed by atoms with Crippen LogP contribution in [0.4, 0.5) is 5.82 Å². The van der Waals surface area contributed by atoms with Crippen LogP contribution in [0.25, 0.3) is 0 Å². The Morgan fingerprint density at radius 3 is 2.67 bits per heavy atom. The molecule has 21 heavy (non-hydrogen) atoms. The quantitative estimate of drug-likeness (QED) is 0.788. The van der Waals surface area contributed by atoms with Crippen molar-refractivity contribution in [1.82, 2.24) is 15.2 Å². The summed E-state index contributed by atoms with van der Waals surface area (Å²) in [5, 5.41) is 10.8. The van der Waals surface area contributed by atoms with Crippen LogP contribution in [0.1, 0.15) is 39.5 Å². The van der Waals surface area contributed by atoms with Gasteiger partial charge in [0.1, 0.15) is 5.78 Å². The molecular formula is C14H20Cl2N4O. The first kappa shape index (κ1) is 16.4. The van der Waals surface area contributed by atoms with Crippen molar-refractivity contribution in [3.63, 3.8) is 0 Å². The van der Waals surface area contributed by atoms with Crippen LogP contribution in [0.15, 0.2) is 0 Å². The van der Waals surface area contributed by atoms with Gasteiger partial charge in [0.05, 0.1) is 0 Å². The lowest BCUT2D eigenvalue weighted by Gasteiger charge is -2.25. The number of ketones is 1. The zero-order valence-corrected chi connectivity index (χ0v) is 13.8. The molecule has 1 aromatic rings. The molecule has 0 aromatic carbocycles. The van der Waals surface area contributed by atoms with Gasteiger partial charge in [-0.05, 0) is 49.6 Å². The Bertz CT molecular complexity index is 508. The molecule has 2 rings (SSSR count). The minimum absolute atomic E-state index is 0.0570. The highest BCUT2D eigenvalue weighted by Crippen LogP contribution is 2.42. The zero-order valence-electron chi connectivity index (χ0n) is 12.3. The van der Waals surface area contributed by atoms with Crippen molar-refractivity contribution < 1.29 is 4.79 Å². The number of nitrogens with zero attached hydrogens (tertiary/aromatic N) is 3. The third kappa shape index (κ3) is 4.51. The predicted octanol–water partition coefficient (Wildman–Crippen LogP) is 3.62. The summed E-state index contributed by atoms with van der Waals surface area (Å²) in [5.41, 5.74) is 0. The number of carbonyl (C=O) groups is 1. The number of halogens is 2. The smallest absolute Gasteiger partial charge is 0.245 e. The van der Waals surface area contributed by atoms with Crippen molar-refractivity contribution >= 4 is 34.8 Å². The molecule has 116 valence electrons. The van der Waals surface area contributed by atoms with E-state index in [0.29, 0.717) is 24.2 Å². The molecule has 1 aliphatic carbocycles. The van der Waals surface area contributed by atoms with Crippen molar-refractivity contribution in [2.75, 3.05) is 11.9 Å². The molecule has 0 aliphatic heterocycles. The zero-order chi connectivity index (χ0) is 15.4. The van der Waals surface area contributed by atoms with Gasteiger partial charge in [-0.15, -0.1) is 10.2 Å². The van der Waals surface area contributed by atoms with E-state index in [1.807, 2.05) is 0 Å². The number of Topliss-reactive ketones (excluding diaryl/α,β-unsaturated/α-hetero) is 1. The second-order valence-corrected chi connectivity index (χ2v) is 6.30. The molecular weight excluding hydrogens is 311 g/mol. The Kier molecular flexibility index (Phi) is 5.76. The van der Waals surface area contributed by atoms with Crippen molar-refractivity contribution in [2.24, 2.45) is 17.8 Å². The molecule has 1 N–H and O–H groups in total. The number of rotatable bonds is 8. The first-order valence-electron chi connectivity index (χ1n) is 7.33. The molecule has 0 amide bonds. The molecule has 0 radical (unpaired) electrons. The van der Waals surface area contributed by atoms with Crippen molar-refractivity contribution in [2.45, 2.75) is 39.5 Å². The Morgan fingerprint density at radius 1 is 1.38 bits per heavy atom. The molecule has 1 aromatic heterocycles. The van der Waals surface area contributed by atoms with Crippen LogP contribution in [0.3, 0.4) is 0 Å². The van der Waals surface area contributed by atoms with Crippen LogP contribution in [-0.4, -0.2) is 27.5 Å². The minimum Gasteiger partial charge on any atom is -0.367 e. The Labute approximate surface area is 134 Å². The van der Waals surface area contributed by atoms with Crippen LogP contribution >= 0.6 is 23.2 Å². The standard InChI is InChI=1S/C14H20Cl2N4O/c1-3-4-10(8(2)21)11(9-5-6-9)7-17-13-12(15)19-20-14(16)18-13/h9-11H,3-7H2,1-2H3,(H,17,18,20)/t10?,11-/m1/s1. The van der Waals surface area contributed by atoms with E-state index in [4.69, 9.17) is 23.2 Å². The summed E-state index contributed by atoms with van der Waals surface area (Å²) in [5.74, 6) is 1.72. The van der Waals surface area contributed by atoms with E-state index in [1.54, 1.807) is 6.92 Å². The second kappa shape index (κ2) is 7.36. The van der Waals surface area contributed by atoms with Gasteiger partial charge < -0.3 is 5.32 Å². The molecule has 0 bridgehead atoms. The summed E-state index contributed by atoms with van der Waals surface area (Å²) in [4.78, 5) is 16.0. The van der Waals surface area contributed by atoms with Crippen LogP contribution in [0.5, 0.6) is 0 Å². The lowest BCUT2D eigenvalue weighted by molar-refractivity contribution is -0.122. The highest BCUT2D eigenvalue weighted by molar-refractivity contribution is 6.32. The number of hydrogen-bond acceptors (Lipinski definition) is 5. The van der Waals surface area contributed by atoms with Gasteiger partial charge in [0.2, 0.25) is 5.28 Å². The summed E-state index contributed by atoms with van der Waals surface area (Å²) in [6, 6.07) is 0. The average Bonchev–Trinajstić information content (AvgIpc) is 3.26. The van der Waals surface area contributed by atoms with Gasteiger partial charge in [-0.2, -0.15) is 4.98 Å². The van der Waals surface area contributed by atoms with Gasteiger partial charge in [0.15, 0.2) is 11.0 Å². The topological polar surface area (TPSA) is 67.8 Å². The molecule has 5 nitrogen and oxygen atoms in total. The number of anilines is 1. The maximum Gasteiger partial charge on any atom is 0.245 e. The fraction of sp³-hybridized carbons (Fsp3) is 0.714. The SMILES string of the molecule is CCCC(C(C)=O)[C@H](CNc1nc(Cl)nnc1Cl)C1CC1. The molecule has 1 saturated carbocycles. The molecule has 2 atom stereocenters. The van der Waals surface area contributed by atoms with Crippen LogP contribution in [0.2, 0.25) is 10.4 Å². The van der Waals surface area contributed by atoms with Crippen molar-refractivity contribution in [3.8, 4) is 0 Å². The average molecular weight is 331 g/mol. The maximum atomic E-state index is 11.9. The fourth-order valence-electron chi connectivity index (χ4n) is 2.81. The van der Waals surface area contributed by atoms with E-state index in [2.05, 4.69) is 27.4 Å². The summed E-state index contributed by atoms with van der Waals surface area (Å²) >= 11 is 11.7. The summed E-state index contributed by atoms with van der Waals surface area (Å²) < 4.78 is 0. The monoisotopic (exact) mass is 330 g/mol. The third-order valence-electron chi connectivity index (χ3n) is 3.99. The van der Waals surface area contributed by atoms with E-state index in [-0.39, 0.29) is 22.1 Å². The molecule has 1 unspecified atom stereocenters. The normalized spacial score (nSPS) is 17.3. The van der Waals surface area contributed by atoms with E-state index < -0.39 is 0 Å². The fourth-order valence-corrected chi connectivity index (χ4v) is 3.08. The highest BCUT2D eigenvalue weighted by atomic mass is 35.5. The van der Waals surface area contributed by atoms with Gasteiger partial charge in [-0.25, -0.2) is 0 Å². The van der Waals surface area contributed by atoms with E-state index in [0.717, 1.165) is 12.8 Å². The Hall–Kier alpha value is -0.940. The molecule has 1 heterocycles. The molecule has 0 saturated heterocycles. The molecule has 1 fully saturated rings. The largest absolute Gasteiger partial charge is 0.367 e. The minimum atomic E-state index is 0.0570. The van der Waals surface area contributed by atoms with Gasteiger partial charge in [0.25, 0.3) is 0 Å². The number of hydrogen-bond donors (Lipinski definition) is 1. The van der Waals surface area contributed by atoms with Crippen molar-refractivity contribution in [1.29, 1.82) is 0 Å². The summed E-state index contributed by atoms with van der Waals surface area (Å²) in [6.07, 6.45) is 4.32. The first-order chi connectivity index (χ1) is 10.0. The summed E-state index contributed by atoms with van der Waals surface area (Å²) in [7, 11) is 0. The van der Waals surface area contributed by atoms with Gasteiger partial charge >= 0.3 is 0 Å². The van der Waals surface area contributed by atoms with Crippen LogP contribution in [0, 0.1) is 17.8 Å². The van der Waals surface area contributed by atoms with Gasteiger partial charge in [-0.3, -0.25) is 4.79 Å². The molecule has 0 spiro atoms. The molecule has 7 heteroatoms. The first-order valence-corrected chi connectivity index (χ1v) is 8.08.